The number of ether oxygens (including phenoxy) is 1. The Labute approximate surface area is 217 Å². The number of amides is 1. The highest BCUT2D eigenvalue weighted by Gasteiger charge is 2.21. The zero-order valence-corrected chi connectivity index (χ0v) is 21.7. The number of nitrogens with zero attached hydrogens (tertiary/aromatic N) is 4. The Balaban J connectivity index is 1.89. The number of rotatable bonds is 6. The van der Waals surface area contributed by atoms with Crippen LogP contribution < -0.4 is 16.4 Å². The Kier molecular flexibility index (Phi) is 7.25. The molecule has 10 nitrogen and oxygen atoms in total. The molecule has 0 fully saturated rings. The summed E-state index contributed by atoms with van der Waals surface area (Å²) in [6.07, 6.45) is 4.33. The van der Waals surface area contributed by atoms with Gasteiger partial charge in [-0.15, -0.1) is 0 Å². The van der Waals surface area contributed by atoms with Crippen LogP contribution in [0.4, 0.5) is 10.1 Å². The molecule has 0 radical (unpaired) electrons. The van der Waals surface area contributed by atoms with Crippen LogP contribution in [0, 0.1) is 5.82 Å². The fourth-order valence-corrected chi connectivity index (χ4v) is 4.17. The lowest BCUT2D eigenvalue weighted by Crippen LogP contribution is -2.26. The van der Waals surface area contributed by atoms with E-state index in [2.05, 4.69) is 15.4 Å². The molecule has 0 bridgehead atoms. The van der Waals surface area contributed by atoms with Crippen molar-refractivity contribution in [1.82, 2.24) is 19.3 Å². The van der Waals surface area contributed by atoms with E-state index in [0.29, 0.717) is 16.5 Å². The minimum absolute atomic E-state index is 0.00650. The fraction of sp³-hybridized carbons (Fsp3) is 0.296. The van der Waals surface area contributed by atoms with E-state index >= 15 is 4.39 Å². The van der Waals surface area contributed by atoms with Crippen molar-refractivity contribution in [3.05, 3.63) is 80.5 Å². The summed E-state index contributed by atoms with van der Waals surface area (Å²) in [7, 11) is 2.88. The number of aliphatic hydroxyl groups is 1. The van der Waals surface area contributed by atoms with Gasteiger partial charge in [-0.3, -0.25) is 14.4 Å². The van der Waals surface area contributed by atoms with E-state index in [9.17, 15) is 19.5 Å². The highest BCUT2D eigenvalue weighted by Crippen LogP contribution is 2.29. The number of fused-ring (bicyclic) bond motifs is 1. The summed E-state index contributed by atoms with van der Waals surface area (Å²) in [6.45, 7) is 5.06. The van der Waals surface area contributed by atoms with Crippen molar-refractivity contribution in [1.29, 1.82) is 0 Å². The zero-order valence-electron chi connectivity index (χ0n) is 21.7. The number of aromatic nitrogens is 4. The number of methoxy groups -OCH3 is 1. The second-order valence-electron chi connectivity index (χ2n) is 9.89. The first-order chi connectivity index (χ1) is 18.0. The fourth-order valence-electron chi connectivity index (χ4n) is 4.17. The van der Waals surface area contributed by atoms with E-state index < -0.39 is 29.4 Å². The van der Waals surface area contributed by atoms with Crippen LogP contribution in [0.2, 0.25) is 0 Å². The third-order valence-electron chi connectivity index (χ3n) is 6.14. The summed E-state index contributed by atoms with van der Waals surface area (Å²) in [4.78, 5) is 42.3. The summed E-state index contributed by atoms with van der Waals surface area (Å²) < 4.78 is 22.2. The van der Waals surface area contributed by atoms with E-state index in [1.807, 2.05) is 20.8 Å². The number of aryl methyl sites for hydroxylation is 1. The summed E-state index contributed by atoms with van der Waals surface area (Å²) in [5.74, 6) is -1.18. The van der Waals surface area contributed by atoms with Crippen LogP contribution in [0.15, 0.2) is 52.4 Å². The standard InChI is InChI=1S/C27H28FN5O5/c1-27(2,3)17-8-15-11-30-33(26(37)23(15)20(28)10-17)24-19(13-34)18(6-7-29-24)16-9-21(25(36)32(4)12-16)31-22(35)14-38-5/h6-12,34H,13-14H2,1-5H3,(H,31,35). The molecule has 0 spiro atoms. The van der Waals surface area contributed by atoms with Gasteiger partial charge in [0.05, 0.1) is 18.2 Å². The smallest absolute Gasteiger partial charge is 0.283 e. The van der Waals surface area contributed by atoms with Crippen molar-refractivity contribution < 1.29 is 19.0 Å². The van der Waals surface area contributed by atoms with Crippen LogP contribution in [0.1, 0.15) is 31.9 Å². The van der Waals surface area contributed by atoms with Gasteiger partial charge in [-0.05, 0) is 40.8 Å². The zero-order chi connectivity index (χ0) is 27.8. The molecule has 1 aromatic carbocycles. The monoisotopic (exact) mass is 521 g/mol. The molecule has 3 heterocycles. The SMILES string of the molecule is COCC(=O)Nc1cc(-c2ccnc(-n3ncc4cc(C(C)(C)C)cc(F)c4c3=O)c2CO)cn(C)c1=O. The number of hydrogen-bond acceptors (Lipinski definition) is 7. The molecule has 1 amide bonds. The Morgan fingerprint density at radius 1 is 1.18 bits per heavy atom. The number of pyridine rings is 2. The maximum absolute atomic E-state index is 15.2. The van der Waals surface area contributed by atoms with Crippen molar-refractivity contribution in [3.63, 3.8) is 0 Å². The number of carbonyl (C=O) groups excluding carboxylic acids is 1. The summed E-state index contributed by atoms with van der Waals surface area (Å²) in [6, 6.07) is 6.13. The van der Waals surface area contributed by atoms with Gasteiger partial charge in [0.1, 0.15) is 18.1 Å². The first-order valence-corrected chi connectivity index (χ1v) is 11.8. The molecule has 3 aromatic heterocycles. The predicted molar refractivity (Wildman–Crippen MR) is 141 cm³/mol. The van der Waals surface area contributed by atoms with E-state index in [4.69, 9.17) is 4.74 Å². The highest BCUT2D eigenvalue weighted by atomic mass is 19.1. The third-order valence-corrected chi connectivity index (χ3v) is 6.14. The molecule has 0 atom stereocenters. The average Bonchev–Trinajstić information content (AvgIpc) is 2.85. The Morgan fingerprint density at radius 2 is 1.92 bits per heavy atom. The summed E-state index contributed by atoms with van der Waals surface area (Å²) >= 11 is 0. The van der Waals surface area contributed by atoms with Gasteiger partial charge in [0.2, 0.25) is 5.91 Å². The summed E-state index contributed by atoms with van der Waals surface area (Å²) in [5, 5.41) is 17.3. The van der Waals surface area contributed by atoms with Gasteiger partial charge < -0.3 is 19.7 Å². The van der Waals surface area contributed by atoms with Crippen LogP contribution in [0.3, 0.4) is 0 Å². The van der Waals surface area contributed by atoms with Crippen LogP contribution in [0.25, 0.3) is 27.7 Å². The minimum Gasteiger partial charge on any atom is -0.392 e. The van der Waals surface area contributed by atoms with E-state index in [1.54, 1.807) is 12.1 Å². The third kappa shape index (κ3) is 4.98. The lowest BCUT2D eigenvalue weighted by molar-refractivity contribution is -0.119. The van der Waals surface area contributed by atoms with Crippen molar-refractivity contribution in [2.75, 3.05) is 19.0 Å². The lowest BCUT2D eigenvalue weighted by Gasteiger charge is -2.20. The number of carbonyl (C=O) groups is 1. The van der Waals surface area contributed by atoms with Crippen molar-refractivity contribution in [2.45, 2.75) is 32.8 Å². The number of benzene rings is 1. The van der Waals surface area contributed by atoms with Crippen molar-refractivity contribution in [3.8, 4) is 16.9 Å². The predicted octanol–water partition coefficient (Wildman–Crippen LogP) is 2.66. The largest absolute Gasteiger partial charge is 0.392 e. The molecule has 0 aliphatic heterocycles. The molecule has 2 N–H and O–H groups in total. The van der Waals surface area contributed by atoms with Crippen LogP contribution in [-0.2, 0) is 28.6 Å². The van der Waals surface area contributed by atoms with Gasteiger partial charge in [-0.2, -0.15) is 9.78 Å². The Morgan fingerprint density at radius 3 is 2.58 bits per heavy atom. The van der Waals surface area contributed by atoms with E-state index in [1.165, 1.54) is 49.4 Å². The highest BCUT2D eigenvalue weighted by molar-refractivity contribution is 5.92. The molecule has 38 heavy (non-hydrogen) atoms. The molecule has 0 aliphatic carbocycles. The Bertz CT molecular complexity index is 1670. The van der Waals surface area contributed by atoms with Gasteiger partial charge in [-0.25, -0.2) is 9.37 Å². The minimum atomic E-state index is -0.729. The molecular weight excluding hydrogens is 493 g/mol. The molecule has 0 unspecified atom stereocenters. The average molecular weight is 522 g/mol. The number of hydrogen-bond donors (Lipinski definition) is 2. The van der Waals surface area contributed by atoms with E-state index in [0.717, 1.165) is 10.2 Å². The molecule has 0 saturated carbocycles. The van der Waals surface area contributed by atoms with E-state index in [-0.39, 0.29) is 34.5 Å². The number of aliphatic hydroxyl groups excluding tert-OH is 1. The van der Waals surface area contributed by atoms with Crippen LogP contribution >= 0.6 is 0 Å². The van der Waals surface area contributed by atoms with Gasteiger partial charge in [0.15, 0.2) is 5.82 Å². The Hall–Kier alpha value is -4.22. The molecule has 0 aliphatic rings. The van der Waals surface area contributed by atoms with Crippen molar-refractivity contribution in [2.24, 2.45) is 7.05 Å². The summed E-state index contributed by atoms with van der Waals surface area (Å²) in [5.41, 5.74) is 0.341. The van der Waals surface area contributed by atoms with Crippen LogP contribution in [0.5, 0.6) is 0 Å². The van der Waals surface area contributed by atoms with Gasteiger partial charge in [0.25, 0.3) is 11.1 Å². The number of halogens is 1. The number of anilines is 1. The molecule has 0 saturated heterocycles. The van der Waals surface area contributed by atoms with Gasteiger partial charge in [0, 0.05) is 43.1 Å². The van der Waals surface area contributed by atoms with Gasteiger partial charge >= 0.3 is 0 Å². The maximum Gasteiger partial charge on any atom is 0.283 e. The maximum atomic E-state index is 15.2. The lowest BCUT2D eigenvalue weighted by atomic mass is 9.86. The molecule has 198 valence electrons. The first-order valence-electron chi connectivity index (χ1n) is 11.8. The first kappa shape index (κ1) is 26.8. The normalized spacial score (nSPS) is 11.7. The molecule has 4 rings (SSSR count). The van der Waals surface area contributed by atoms with Crippen molar-refractivity contribution >= 4 is 22.4 Å². The molecule has 11 heteroatoms. The molecule has 4 aromatic rings. The van der Waals surface area contributed by atoms with Crippen LogP contribution in [-0.4, -0.2) is 44.1 Å². The molecular formula is C27H28FN5O5. The van der Waals surface area contributed by atoms with Gasteiger partial charge in [-0.1, -0.05) is 20.8 Å². The second-order valence-corrected chi connectivity index (χ2v) is 9.89. The topological polar surface area (TPSA) is 128 Å². The quantitative estimate of drug-likeness (QED) is 0.399. The second kappa shape index (κ2) is 10.3. The number of nitrogens with one attached hydrogen (secondary N) is 1.